The number of carbonyl (C=O) groups is 1. The maximum Gasteiger partial charge on any atom is 0.233 e. The third kappa shape index (κ3) is 4.84. The number of benzene rings is 2. The van der Waals surface area contributed by atoms with Crippen LogP contribution >= 0.6 is 11.8 Å². The van der Waals surface area contributed by atoms with Gasteiger partial charge in [0.25, 0.3) is 0 Å². The SMILES string of the molecule is Cc1nc(SCC(=O)N(Cc2ccccc2)Cc2ccco2)c2ccccc2n1. The summed E-state index contributed by atoms with van der Waals surface area (Å²) < 4.78 is 5.47. The highest BCUT2D eigenvalue weighted by molar-refractivity contribution is 8.00. The molecule has 0 N–H and O–H groups in total. The third-order valence-corrected chi connectivity index (χ3v) is 5.48. The number of aryl methyl sites for hydroxylation is 1. The number of para-hydroxylation sites is 1. The van der Waals surface area contributed by atoms with E-state index >= 15 is 0 Å². The van der Waals surface area contributed by atoms with Gasteiger partial charge in [-0.25, -0.2) is 9.97 Å². The highest BCUT2D eigenvalue weighted by Crippen LogP contribution is 2.26. The lowest BCUT2D eigenvalue weighted by molar-refractivity contribution is -0.129. The lowest BCUT2D eigenvalue weighted by Gasteiger charge is -2.22. The van der Waals surface area contributed by atoms with Crippen LogP contribution < -0.4 is 0 Å². The number of rotatable bonds is 7. The Balaban J connectivity index is 1.52. The lowest BCUT2D eigenvalue weighted by atomic mass is 10.2. The Hall–Kier alpha value is -3.12. The van der Waals surface area contributed by atoms with Gasteiger partial charge >= 0.3 is 0 Å². The summed E-state index contributed by atoms with van der Waals surface area (Å²) in [7, 11) is 0. The molecule has 2 heterocycles. The molecule has 0 aliphatic rings. The van der Waals surface area contributed by atoms with Gasteiger partial charge < -0.3 is 9.32 Å². The molecule has 4 aromatic rings. The van der Waals surface area contributed by atoms with Crippen molar-refractivity contribution < 1.29 is 9.21 Å². The molecule has 0 bridgehead atoms. The van der Waals surface area contributed by atoms with Crippen LogP contribution in [0, 0.1) is 6.92 Å². The zero-order chi connectivity index (χ0) is 20.1. The normalized spacial score (nSPS) is 10.9. The fraction of sp³-hybridized carbons (Fsp3) is 0.174. The molecular weight excluding hydrogens is 382 g/mol. The Bertz CT molecular complexity index is 1100. The van der Waals surface area contributed by atoms with Gasteiger partial charge in [0.15, 0.2) is 0 Å². The van der Waals surface area contributed by atoms with E-state index < -0.39 is 0 Å². The molecule has 0 spiro atoms. The Morgan fingerprint density at radius 2 is 1.76 bits per heavy atom. The van der Waals surface area contributed by atoms with Gasteiger partial charge in [0.05, 0.1) is 24.1 Å². The first-order chi connectivity index (χ1) is 14.2. The van der Waals surface area contributed by atoms with Crippen molar-refractivity contribution in [2.75, 3.05) is 5.75 Å². The number of fused-ring (bicyclic) bond motifs is 1. The summed E-state index contributed by atoms with van der Waals surface area (Å²) in [4.78, 5) is 23.9. The van der Waals surface area contributed by atoms with Crippen molar-refractivity contribution in [2.45, 2.75) is 25.0 Å². The molecule has 6 heteroatoms. The molecule has 0 saturated heterocycles. The van der Waals surface area contributed by atoms with Crippen molar-refractivity contribution in [1.82, 2.24) is 14.9 Å². The lowest BCUT2D eigenvalue weighted by Crippen LogP contribution is -2.31. The molecule has 0 unspecified atom stereocenters. The molecule has 146 valence electrons. The first kappa shape index (κ1) is 19.2. The Kier molecular flexibility index (Phi) is 5.91. The van der Waals surface area contributed by atoms with Crippen molar-refractivity contribution in [3.8, 4) is 0 Å². The van der Waals surface area contributed by atoms with Crippen LogP contribution in [0.3, 0.4) is 0 Å². The zero-order valence-electron chi connectivity index (χ0n) is 16.1. The Labute approximate surface area is 173 Å². The van der Waals surface area contributed by atoms with E-state index in [-0.39, 0.29) is 5.91 Å². The number of thioether (sulfide) groups is 1. The number of nitrogens with zero attached hydrogens (tertiary/aromatic N) is 3. The molecule has 4 rings (SSSR count). The molecule has 5 nitrogen and oxygen atoms in total. The summed E-state index contributed by atoms with van der Waals surface area (Å²) >= 11 is 1.45. The number of hydrogen-bond donors (Lipinski definition) is 0. The topological polar surface area (TPSA) is 59.2 Å². The summed E-state index contributed by atoms with van der Waals surface area (Å²) in [6.45, 7) is 2.84. The molecule has 2 aromatic heterocycles. The van der Waals surface area contributed by atoms with Gasteiger partial charge in [-0.2, -0.15) is 0 Å². The maximum atomic E-state index is 13.1. The number of hydrogen-bond acceptors (Lipinski definition) is 5. The van der Waals surface area contributed by atoms with Crippen LogP contribution in [0.2, 0.25) is 0 Å². The molecule has 0 radical (unpaired) electrons. The smallest absolute Gasteiger partial charge is 0.233 e. The molecule has 0 aliphatic carbocycles. The minimum Gasteiger partial charge on any atom is -0.467 e. The molecule has 0 aliphatic heterocycles. The highest BCUT2D eigenvalue weighted by atomic mass is 32.2. The van der Waals surface area contributed by atoms with Gasteiger partial charge in [0.2, 0.25) is 5.91 Å². The van der Waals surface area contributed by atoms with Crippen LogP contribution in [0.5, 0.6) is 0 Å². The average Bonchev–Trinajstić information content (AvgIpc) is 3.25. The van der Waals surface area contributed by atoms with Gasteiger partial charge in [-0.1, -0.05) is 60.3 Å². The highest BCUT2D eigenvalue weighted by Gasteiger charge is 2.17. The molecule has 2 aromatic carbocycles. The molecule has 0 fully saturated rings. The van der Waals surface area contributed by atoms with Crippen molar-refractivity contribution in [3.05, 3.63) is 90.1 Å². The van der Waals surface area contributed by atoms with E-state index in [2.05, 4.69) is 9.97 Å². The standard InChI is InChI=1S/C23H21N3O2S/c1-17-24-21-12-6-5-11-20(21)23(25-17)29-16-22(27)26(15-19-10-7-13-28-19)14-18-8-3-2-4-9-18/h2-13H,14-16H2,1H3. The van der Waals surface area contributed by atoms with Gasteiger partial charge in [0.1, 0.15) is 16.6 Å². The van der Waals surface area contributed by atoms with Crippen LogP contribution in [0.15, 0.2) is 82.4 Å². The fourth-order valence-corrected chi connectivity index (χ4v) is 4.08. The van der Waals surface area contributed by atoms with Crippen molar-refractivity contribution in [3.63, 3.8) is 0 Å². The van der Waals surface area contributed by atoms with E-state index in [1.54, 1.807) is 6.26 Å². The number of furan rings is 1. The van der Waals surface area contributed by atoms with E-state index in [9.17, 15) is 4.79 Å². The van der Waals surface area contributed by atoms with E-state index in [0.717, 1.165) is 27.3 Å². The molecule has 0 saturated carbocycles. The summed E-state index contributed by atoms with van der Waals surface area (Å²) in [5, 5.41) is 1.80. The van der Waals surface area contributed by atoms with E-state index in [0.29, 0.717) is 24.7 Å². The molecule has 29 heavy (non-hydrogen) atoms. The average molecular weight is 404 g/mol. The second kappa shape index (κ2) is 8.92. The quantitative estimate of drug-likeness (QED) is 0.326. The first-order valence-electron chi connectivity index (χ1n) is 9.39. The summed E-state index contributed by atoms with van der Waals surface area (Å²) in [6, 6.07) is 21.6. The number of amides is 1. The van der Waals surface area contributed by atoms with Crippen LogP contribution in [0.1, 0.15) is 17.1 Å². The predicted octanol–water partition coefficient (Wildman–Crippen LogP) is 4.85. The fourth-order valence-electron chi connectivity index (χ4n) is 3.12. The second-order valence-corrected chi connectivity index (χ2v) is 7.66. The maximum absolute atomic E-state index is 13.1. The van der Waals surface area contributed by atoms with E-state index in [4.69, 9.17) is 4.42 Å². The monoisotopic (exact) mass is 403 g/mol. The molecule has 0 atom stereocenters. The van der Waals surface area contributed by atoms with E-state index in [1.165, 1.54) is 11.8 Å². The minimum atomic E-state index is 0.0376. The molecular formula is C23H21N3O2S. The third-order valence-electron chi connectivity index (χ3n) is 4.51. The summed E-state index contributed by atoms with van der Waals surface area (Å²) in [5.41, 5.74) is 1.98. The largest absolute Gasteiger partial charge is 0.467 e. The van der Waals surface area contributed by atoms with Crippen molar-refractivity contribution in [1.29, 1.82) is 0 Å². The van der Waals surface area contributed by atoms with Gasteiger partial charge in [-0.15, -0.1) is 0 Å². The van der Waals surface area contributed by atoms with Crippen molar-refractivity contribution in [2.24, 2.45) is 0 Å². The Morgan fingerprint density at radius 3 is 2.55 bits per heavy atom. The Morgan fingerprint density at radius 1 is 0.966 bits per heavy atom. The zero-order valence-corrected chi connectivity index (χ0v) is 16.9. The predicted molar refractivity (Wildman–Crippen MR) is 114 cm³/mol. The number of carbonyl (C=O) groups excluding carboxylic acids is 1. The second-order valence-electron chi connectivity index (χ2n) is 6.70. The summed E-state index contributed by atoms with van der Waals surface area (Å²) in [5.74, 6) is 1.81. The molecule has 1 amide bonds. The van der Waals surface area contributed by atoms with Crippen LogP contribution in [-0.4, -0.2) is 26.5 Å². The minimum absolute atomic E-state index is 0.0376. The van der Waals surface area contributed by atoms with Gasteiger partial charge in [-0.3, -0.25) is 4.79 Å². The van der Waals surface area contributed by atoms with E-state index in [1.807, 2.05) is 78.6 Å². The summed E-state index contributed by atoms with van der Waals surface area (Å²) in [6.07, 6.45) is 1.63. The van der Waals surface area contributed by atoms with Gasteiger partial charge in [0, 0.05) is 11.9 Å². The van der Waals surface area contributed by atoms with Crippen LogP contribution in [0.25, 0.3) is 10.9 Å². The number of aromatic nitrogens is 2. The van der Waals surface area contributed by atoms with Crippen molar-refractivity contribution >= 4 is 28.6 Å². The van der Waals surface area contributed by atoms with Crippen LogP contribution in [0.4, 0.5) is 0 Å². The van der Waals surface area contributed by atoms with Crippen LogP contribution in [-0.2, 0) is 17.9 Å². The first-order valence-corrected chi connectivity index (χ1v) is 10.4. The van der Waals surface area contributed by atoms with Gasteiger partial charge in [-0.05, 0) is 30.7 Å².